The van der Waals surface area contributed by atoms with Crippen molar-refractivity contribution in [2.45, 2.75) is 0 Å². The quantitative estimate of drug-likeness (QED) is 0.320. The molecule has 0 amide bonds. The first-order valence-corrected chi connectivity index (χ1v) is 9.05. The van der Waals surface area contributed by atoms with Gasteiger partial charge in [0.15, 0.2) is 0 Å². The summed E-state index contributed by atoms with van der Waals surface area (Å²) in [7, 11) is 0. The number of hydrogen-bond donors (Lipinski definition) is 0. The monoisotopic (exact) mass is 397 g/mol. The molecule has 5 rings (SSSR count). The predicted molar refractivity (Wildman–Crippen MR) is 83.1 cm³/mol. The molecule has 1 aliphatic rings. The number of halogens is 1. The van der Waals surface area contributed by atoms with Crippen molar-refractivity contribution in [3.63, 3.8) is 0 Å². The molecule has 0 bridgehead atoms. The van der Waals surface area contributed by atoms with Gasteiger partial charge in [-0.2, -0.15) is 0 Å². The number of rotatable bonds is 0. The minimum absolute atomic E-state index is 0.554. The van der Waals surface area contributed by atoms with Crippen LogP contribution in [0.4, 0.5) is 0 Å². The first-order valence-electron chi connectivity index (χ1n) is 7.21. The number of pyridine rings is 1. The van der Waals surface area contributed by atoms with Gasteiger partial charge in [0.1, 0.15) is 0 Å². The number of para-hydroxylation sites is 2. The second kappa shape index (κ2) is 4.68. The van der Waals surface area contributed by atoms with E-state index in [-0.39, 0.29) is 0 Å². The molecule has 3 aromatic carbocycles. The molecule has 106 valence electrons. The van der Waals surface area contributed by atoms with Gasteiger partial charge in [0, 0.05) is 0 Å². The van der Waals surface area contributed by atoms with E-state index in [1.807, 2.05) is 6.07 Å². The van der Waals surface area contributed by atoms with E-state index >= 15 is 0 Å². The molecule has 0 N–H and O–H groups in total. The van der Waals surface area contributed by atoms with Crippen LogP contribution in [0.5, 0.6) is 5.75 Å². The third-order valence-corrected chi connectivity index (χ3v) is 6.18. The van der Waals surface area contributed by atoms with Crippen LogP contribution < -0.4 is 27.7 Å². The molecule has 2 heterocycles. The fourth-order valence-corrected chi connectivity index (χ4v) is 5.29. The van der Waals surface area contributed by atoms with Crippen LogP contribution in [0.1, 0.15) is 0 Å². The van der Waals surface area contributed by atoms with E-state index in [0.717, 1.165) is 5.75 Å². The molecule has 1 aliphatic heterocycles. The topological polar surface area (TPSA) is 13.1 Å². The van der Waals surface area contributed by atoms with Crippen LogP contribution in [0.15, 0.2) is 72.8 Å². The molecule has 2 nitrogen and oxygen atoms in total. The van der Waals surface area contributed by atoms with Crippen molar-refractivity contribution in [1.29, 1.82) is 0 Å². The minimum atomic E-state index is -0.554. The van der Waals surface area contributed by atoms with Crippen molar-refractivity contribution in [2.24, 2.45) is 0 Å². The van der Waals surface area contributed by atoms with Gasteiger partial charge in [-0.25, -0.2) is 0 Å². The second-order valence-corrected chi connectivity index (χ2v) is 7.13. The van der Waals surface area contributed by atoms with E-state index in [0.29, 0.717) is 0 Å². The Morgan fingerprint density at radius 2 is 1.36 bits per heavy atom. The summed E-state index contributed by atoms with van der Waals surface area (Å²) in [6.45, 7) is 0. The second-order valence-electron chi connectivity index (χ2n) is 5.33. The van der Waals surface area contributed by atoms with Gasteiger partial charge in [-0.3, -0.25) is 0 Å². The van der Waals surface area contributed by atoms with E-state index in [2.05, 4.69) is 69.5 Å². The average molecular weight is 397 g/mol. The van der Waals surface area contributed by atoms with Gasteiger partial charge in [0.2, 0.25) is 0 Å². The van der Waals surface area contributed by atoms with E-state index < -0.39 is 21.9 Å². The van der Waals surface area contributed by atoms with Crippen molar-refractivity contribution in [3.05, 3.63) is 72.8 Å². The first-order chi connectivity index (χ1) is 10.9. The summed E-state index contributed by atoms with van der Waals surface area (Å²) in [6, 6.07) is 25.6. The maximum atomic E-state index is 6.08. The van der Waals surface area contributed by atoms with E-state index in [1.165, 1.54) is 32.9 Å². The van der Waals surface area contributed by atoms with Gasteiger partial charge in [-0.05, 0) is 0 Å². The number of aromatic nitrogens is 1. The van der Waals surface area contributed by atoms with Crippen LogP contribution in [-0.4, -0.2) is 0 Å². The fraction of sp³-hybridized carbons (Fsp3) is 0. The molecule has 0 spiro atoms. The molecule has 4 aromatic rings. The Labute approximate surface area is 139 Å². The molecule has 0 saturated heterocycles. The maximum absolute atomic E-state index is 6.08. The third kappa shape index (κ3) is 1.63. The zero-order valence-electron chi connectivity index (χ0n) is 11.7. The fourth-order valence-electron chi connectivity index (χ4n) is 3.15. The Morgan fingerprint density at radius 3 is 2.27 bits per heavy atom. The zero-order valence-corrected chi connectivity index (χ0v) is 13.8. The summed E-state index contributed by atoms with van der Waals surface area (Å²) < 4.78 is 8.47. The van der Waals surface area contributed by atoms with Gasteiger partial charge in [-0.15, -0.1) is 0 Å². The molecular weight excluding hydrogens is 385 g/mol. The Hall–Kier alpha value is -2.14. The van der Waals surface area contributed by atoms with Gasteiger partial charge >= 0.3 is 139 Å². The normalized spacial score (nSPS) is 13.1. The van der Waals surface area contributed by atoms with Crippen molar-refractivity contribution < 1.29 is 27.7 Å². The molecular formula is C19H12INO. The predicted octanol–water partition coefficient (Wildman–Crippen LogP) is 1.11. The number of hydrogen-bond acceptors (Lipinski definition) is 1. The summed E-state index contributed by atoms with van der Waals surface area (Å²) in [5, 5.41) is 3.91. The Morgan fingerprint density at radius 1 is 0.682 bits per heavy atom. The molecule has 3 heteroatoms. The Balaban J connectivity index is 2.07. The summed E-state index contributed by atoms with van der Waals surface area (Å²) in [6.07, 6.45) is 0. The third-order valence-electron chi connectivity index (χ3n) is 4.11. The standard InChI is InChI=1S/C19H12INO/c1-2-9-15-13(7-1)14-8-3-5-11-17(14)21-19(15)16-10-4-6-12-18(16)22-20-21/h1-12H. The summed E-state index contributed by atoms with van der Waals surface area (Å²) in [5.41, 5.74) is 3.75. The number of nitrogens with zero attached hydrogens (tertiary/aromatic N) is 1. The molecule has 0 fully saturated rings. The summed E-state index contributed by atoms with van der Waals surface area (Å²) in [4.78, 5) is 0. The molecule has 22 heavy (non-hydrogen) atoms. The average Bonchev–Trinajstić information content (AvgIpc) is 2.61. The zero-order chi connectivity index (χ0) is 14.5. The van der Waals surface area contributed by atoms with Crippen LogP contribution in [-0.2, 0) is 0 Å². The first kappa shape index (κ1) is 12.4. The van der Waals surface area contributed by atoms with Crippen molar-refractivity contribution in [3.8, 4) is 17.0 Å². The van der Waals surface area contributed by atoms with Gasteiger partial charge in [-0.1, -0.05) is 0 Å². The van der Waals surface area contributed by atoms with Gasteiger partial charge in [0.05, 0.1) is 0 Å². The van der Waals surface area contributed by atoms with Crippen molar-refractivity contribution in [2.75, 3.05) is 0 Å². The van der Waals surface area contributed by atoms with E-state index in [4.69, 9.17) is 3.07 Å². The Kier molecular flexibility index (Phi) is 2.64. The number of benzene rings is 3. The molecule has 0 radical (unpaired) electrons. The molecule has 0 saturated carbocycles. The molecule has 1 aromatic heterocycles. The van der Waals surface area contributed by atoms with Gasteiger partial charge in [0.25, 0.3) is 0 Å². The SMILES string of the molecule is c1ccc2c(c1)O[I-][n+]1c-2c2ccccc2c2ccccc21. The van der Waals surface area contributed by atoms with Crippen LogP contribution in [0, 0.1) is 0 Å². The van der Waals surface area contributed by atoms with Crippen LogP contribution in [0.2, 0.25) is 0 Å². The van der Waals surface area contributed by atoms with Gasteiger partial charge < -0.3 is 0 Å². The number of fused-ring (bicyclic) bond motifs is 8. The summed E-state index contributed by atoms with van der Waals surface area (Å²) >= 11 is -0.554. The molecule has 0 unspecified atom stereocenters. The van der Waals surface area contributed by atoms with Crippen LogP contribution in [0.3, 0.4) is 0 Å². The molecule has 0 aliphatic carbocycles. The van der Waals surface area contributed by atoms with Crippen molar-refractivity contribution >= 4 is 21.7 Å². The van der Waals surface area contributed by atoms with E-state index in [9.17, 15) is 0 Å². The summed E-state index contributed by atoms with van der Waals surface area (Å²) in [5.74, 6) is 1.01. The van der Waals surface area contributed by atoms with Crippen molar-refractivity contribution in [1.82, 2.24) is 0 Å². The molecule has 0 atom stereocenters. The van der Waals surface area contributed by atoms with Crippen LogP contribution in [0.25, 0.3) is 32.9 Å². The Bertz CT molecular complexity index is 1040. The van der Waals surface area contributed by atoms with E-state index in [1.54, 1.807) is 0 Å². The van der Waals surface area contributed by atoms with Crippen LogP contribution >= 0.6 is 0 Å².